The van der Waals surface area contributed by atoms with Crippen LogP contribution in [-0.2, 0) is 10.5 Å². The molecular formula is C15H21NO2S. The van der Waals surface area contributed by atoms with Gasteiger partial charge in [0.1, 0.15) is 0 Å². The predicted octanol–water partition coefficient (Wildman–Crippen LogP) is 2.26. The number of aliphatic hydroxyl groups is 1. The first-order chi connectivity index (χ1) is 9.07. The standard InChI is InChI=1S/C15H21NO2S/c1-12-4-2-5-13(8-12)9-19-10-14(17)16-11-15(18)6-3-7-15/h2,4-5,8,18H,3,6-7,9-11H2,1H3,(H,16,17). The number of aryl methyl sites for hydroxylation is 1. The lowest BCUT2D eigenvalue weighted by Crippen LogP contribution is -2.48. The second kappa shape index (κ2) is 6.44. The maximum atomic E-state index is 11.6. The molecule has 0 atom stereocenters. The summed E-state index contributed by atoms with van der Waals surface area (Å²) in [6.45, 7) is 2.47. The van der Waals surface area contributed by atoms with Gasteiger partial charge in [0.05, 0.1) is 11.4 Å². The number of rotatable bonds is 6. The minimum Gasteiger partial charge on any atom is -0.388 e. The normalized spacial score (nSPS) is 16.7. The van der Waals surface area contributed by atoms with Gasteiger partial charge in [0, 0.05) is 12.3 Å². The van der Waals surface area contributed by atoms with Crippen LogP contribution in [0.3, 0.4) is 0 Å². The predicted molar refractivity (Wildman–Crippen MR) is 79.2 cm³/mol. The van der Waals surface area contributed by atoms with E-state index in [-0.39, 0.29) is 5.91 Å². The third-order valence-corrected chi connectivity index (χ3v) is 4.49. The fourth-order valence-corrected chi connectivity index (χ4v) is 2.94. The van der Waals surface area contributed by atoms with Gasteiger partial charge in [-0.1, -0.05) is 29.8 Å². The fraction of sp³-hybridized carbons (Fsp3) is 0.533. The molecule has 0 unspecified atom stereocenters. The van der Waals surface area contributed by atoms with E-state index >= 15 is 0 Å². The molecule has 2 rings (SSSR count). The zero-order valence-electron chi connectivity index (χ0n) is 11.3. The summed E-state index contributed by atoms with van der Waals surface area (Å²) in [5.41, 5.74) is 1.86. The quantitative estimate of drug-likeness (QED) is 0.840. The van der Waals surface area contributed by atoms with E-state index in [1.54, 1.807) is 11.8 Å². The van der Waals surface area contributed by atoms with E-state index in [2.05, 4.69) is 30.4 Å². The van der Waals surface area contributed by atoms with Crippen LogP contribution < -0.4 is 5.32 Å². The molecule has 1 aliphatic rings. The maximum Gasteiger partial charge on any atom is 0.230 e. The largest absolute Gasteiger partial charge is 0.388 e. The van der Waals surface area contributed by atoms with Crippen molar-refractivity contribution in [1.29, 1.82) is 0 Å². The van der Waals surface area contributed by atoms with E-state index in [9.17, 15) is 9.90 Å². The van der Waals surface area contributed by atoms with E-state index in [1.165, 1.54) is 11.1 Å². The van der Waals surface area contributed by atoms with Crippen LogP contribution in [0.25, 0.3) is 0 Å². The second-order valence-electron chi connectivity index (χ2n) is 5.34. The number of amides is 1. The Bertz CT molecular complexity index is 444. The number of nitrogens with one attached hydrogen (secondary N) is 1. The van der Waals surface area contributed by atoms with Crippen LogP contribution >= 0.6 is 11.8 Å². The molecule has 1 saturated carbocycles. The minimum atomic E-state index is -0.628. The van der Waals surface area contributed by atoms with Crippen LogP contribution in [0, 0.1) is 6.92 Å². The van der Waals surface area contributed by atoms with Crippen molar-refractivity contribution in [2.75, 3.05) is 12.3 Å². The van der Waals surface area contributed by atoms with Gasteiger partial charge in [-0.15, -0.1) is 11.8 Å². The van der Waals surface area contributed by atoms with Gasteiger partial charge in [-0.05, 0) is 31.7 Å². The summed E-state index contributed by atoms with van der Waals surface area (Å²) in [6, 6.07) is 8.33. The third-order valence-electron chi connectivity index (χ3n) is 3.48. The first-order valence-electron chi connectivity index (χ1n) is 6.70. The molecule has 0 saturated heterocycles. The molecule has 0 radical (unpaired) electrons. The van der Waals surface area contributed by atoms with Crippen molar-refractivity contribution in [3.63, 3.8) is 0 Å². The molecule has 0 bridgehead atoms. The molecule has 0 spiro atoms. The fourth-order valence-electron chi connectivity index (χ4n) is 2.14. The molecule has 1 amide bonds. The number of hydrogen-bond acceptors (Lipinski definition) is 3. The molecule has 0 aromatic heterocycles. The highest BCUT2D eigenvalue weighted by Crippen LogP contribution is 2.30. The monoisotopic (exact) mass is 279 g/mol. The molecule has 0 aliphatic heterocycles. The lowest BCUT2D eigenvalue weighted by atomic mass is 9.80. The molecule has 19 heavy (non-hydrogen) atoms. The first kappa shape index (κ1) is 14.4. The van der Waals surface area contributed by atoms with Crippen LogP contribution in [0.1, 0.15) is 30.4 Å². The number of hydrogen-bond donors (Lipinski definition) is 2. The average Bonchev–Trinajstić information content (AvgIpc) is 2.34. The first-order valence-corrected chi connectivity index (χ1v) is 7.85. The summed E-state index contributed by atoms with van der Waals surface area (Å²) < 4.78 is 0. The van der Waals surface area contributed by atoms with Crippen LogP contribution in [0.15, 0.2) is 24.3 Å². The van der Waals surface area contributed by atoms with Gasteiger partial charge in [0.2, 0.25) is 5.91 Å². The molecule has 1 aromatic carbocycles. The zero-order valence-corrected chi connectivity index (χ0v) is 12.1. The smallest absolute Gasteiger partial charge is 0.230 e. The van der Waals surface area contributed by atoms with E-state index in [0.29, 0.717) is 12.3 Å². The molecule has 1 aliphatic carbocycles. The topological polar surface area (TPSA) is 49.3 Å². The van der Waals surface area contributed by atoms with Gasteiger partial charge >= 0.3 is 0 Å². The van der Waals surface area contributed by atoms with Gasteiger partial charge in [0.15, 0.2) is 0 Å². The average molecular weight is 279 g/mol. The van der Waals surface area contributed by atoms with Crippen LogP contribution in [0.2, 0.25) is 0 Å². The molecule has 0 heterocycles. The van der Waals surface area contributed by atoms with Gasteiger partial charge in [-0.25, -0.2) is 0 Å². The van der Waals surface area contributed by atoms with Gasteiger partial charge < -0.3 is 10.4 Å². The van der Waals surface area contributed by atoms with Crippen molar-refractivity contribution in [1.82, 2.24) is 5.32 Å². The van der Waals surface area contributed by atoms with Crippen molar-refractivity contribution in [2.24, 2.45) is 0 Å². The van der Waals surface area contributed by atoms with Crippen molar-refractivity contribution < 1.29 is 9.90 Å². The Morgan fingerprint density at radius 1 is 1.47 bits per heavy atom. The highest BCUT2D eigenvalue weighted by atomic mass is 32.2. The van der Waals surface area contributed by atoms with Crippen molar-refractivity contribution in [2.45, 2.75) is 37.5 Å². The summed E-state index contributed by atoms with van der Waals surface area (Å²) in [5.74, 6) is 1.31. The van der Waals surface area contributed by atoms with Crippen LogP contribution in [0.4, 0.5) is 0 Å². The molecule has 4 heteroatoms. The number of carbonyl (C=O) groups excluding carboxylic acids is 1. The Labute approximate surface area is 118 Å². The zero-order chi connectivity index (χ0) is 13.7. The summed E-state index contributed by atoms with van der Waals surface area (Å²) in [7, 11) is 0. The summed E-state index contributed by atoms with van der Waals surface area (Å²) in [6.07, 6.45) is 2.68. The van der Waals surface area contributed by atoms with Gasteiger partial charge in [0.25, 0.3) is 0 Å². The van der Waals surface area contributed by atoms with Crippen molar-refractivity contribution in [3.8, 4) is 0 Å². The lowest BCUT2D eigenvalue weighted by Gasteiger charge is -2.36. The molecule has 104 valence electrons. The minimum absolute atomic E-state index is 0.0120. The van der Waals surface area contributed by atoms with E-state index in [1.807, 2.05) is 6.07 Å². The molecular weight excluding hydrogens is 258 g/mol. The second-order valence-corrected chi connectivity index (χ2v) is 6.32. The number of benzene rings is 1. The maximum absolute atomic E-state index is 11.6. The number of carbonyl (C=O) groups is 1. The van der Waals surface area contributed by atoms with E-state index in [0.717, 1.165) is 25.0 Å². The Kier molecular flexibility index (Phi) is 4.88. The highest BCUT2D eigenvalue weighted by molar-refractivity contribution is 7.99. The Balaban J connectivity index is 1.63. The molecule has 1 fully saturated rings. The highest BCUT2D eigenvalue weighted by Gasteiger charge is 2.34. The van der Waals surface area contributed by atoms with Gasteiger partial charge in [-0.3, -0.25) is 4.79 Å². The Morgan fingerprint density at radius 2 is 2.26 bits per heavy atom. The third kappa shape index (κ3) is 4.55. The van der Waals surface area contributed by atoms with Crippen LogP contribution in [-0.4, -0.2) is 28.9 Å². The van der Waals surface area contributed by atoms with Crippen molar-refractivity contribution in [3.05, 3.63) is 35.4 Å². The Morgan fingerprint density at radius 3 is 2.89 bits per heavy atom. The lowest BCUT2D eigenvalue weighted by molar-refractivity contribution is -0.121. The van der Waals surface area contributed by atoms with Crippen molar-refractivity contribution >= 4 is 17.7 Å². The van der Waals surface area contributed by atoms with Gasteiger partial charge in [-0.2, -0.15) is 0 Å². The number of thioether (sulfide) groups is 1. The van der Waals surface area contributed by atoms with Crippen LogP contribution in [0.5, 0.6) is 0 Å². The van der Waals surface area contributed by atoms with E-state index < -0.39 is 5.60 Å². The summed E-state index contributed by atoms with van der Waals surface area (Å²) in [4.78, 5) is 11.6. The summed E-state index contributed by atoms with van der Waals surface area (Å²) in [5, 5.41) is 12.7. The van der Waals surface area contributed by atoms with E-state index in [4.69, 9.17) is 0 Å². The molecule has 1 aromatic rings. The summed E-state index contributed by atoms with van der Waals surface area (Å²) >= 11 is 1.61. The molecule has 3 nitrogen and oxygen atoms in total. The molecule has 2 N–H and O–H groups in total. The Hall–Kier alpha value is -1.00. The SMILES string of the molecule is Cc1cccc(CSCC(=O)NCC2(O)CCC2)c1.